The summed E-state index contributed by atoms with van der Waals surface area (Å²) >= 11 is 1.72. The predicted octanol–water partition coefficient (Wildman–Crippen LogP) is 0.979. The molecule has 0 amide bonds. The van der Waals surface area contributed by atoms with E-state index in [1.165, 1.54) is 19.3 Å². The molecule has 0 bridgehead atoms. The summed E-state index contributed by atoms with van der Waals surface area (Å²) < 4.78 is 0. The lowest BCUT2D eigenvalue weighted by atomic mass is 9.84. The predicted molar refractivity (Wildman–Crippen MR) is 64.9 cm³/mol. The third-order valence-corrected chi connectivity index (χ3v) is 4.79. The first-order chi connectivity index (χ1) is 7.17. The quantitative estimate of drug-likeness (QED) is 0.662. The summed E-state index contributed by atoms with van der Waals surface area (Å²) in [4.78, 5) is 0. The second-order valence-corrected chi connectivity index (χ2v) is 5.73. The Morgan fingerprint density at radius 1 is 1.47 bits per heavy atom. The van der Waals surface area contributed by atoms with E-state index in [4.69, 9.17) is 10.8 Å². The minimum atomic E-state index is -0.593. The molecule has 0 saturated heterocycles. The van der Waals surface area contributed by atoms with Crippen LogP contribution in [0.4, 0.5) is 0 Å². The van der Waals surface area contributed by atoms with E-state index < -0.39 is 6.10 Å². The van der Waals surface area contributed by atoms with Crippen LogP contribution in [-0.4, -0.2) is 40.0 Å². The molecule has 0 aromatic heterocycles. The highest BCUT2D eigenvalue weighted by atomic mass is 32.2. The molecule has 3 nitrogen and oxygen atoms in total. The molecule has 4 atom stereocenters. The van der Waals surface area contributed by atoms with Crippen molar-refractivity contribution in [2.75, 3.05) is 12.4 Å². The van der Waals surface area contributed by atoms with Gasteiger partial charge in [0.2, 0.25) is 0 Å². The smallest absolute Gasteiger partial charge is 0.0861 e. The molecule has 1 fully saturated rings. The maximum atomic E-state index is 9.29. The minimum absolute atomic E-state index is 0.147. The van der Waals surface area contributed by atoms with Gasteiger partial charge in [-0.25, -0.2) is 0 Å². The summed E-state index contributed by atoms with van der Waals surface area (Å²) in [6.07, 6.45) is 4.15. The Hall–Kier alpha value is 0.230. The van der Waals surface area contributed by atoms with Crippen molar-refractivity contribution in [2.24, 2.45) is 11.7 Å². The molecule has 4 N–H and O–H groups in total. The van der Waals surface area contributed by atoms with Crippen molar-refractivity contribution in [3.05, 3.63) is 0 Å². The lowest BCUT2D eigenvalue weighted by Gasteiger charge is -2.33. The van der Waals surface area contributed by atoms with Gasteiger partial charge in [-0.2, -0.15) is 11.8 Å². The molecular weight excluding hydrogens is 210 g/mol. The Labute approximate surface area is 96.4 Å². The molecule has 1 saturated carbocycles. The van der Waals surface area contributed by atoms with Gasteiger partial charge in [0.15, 0.2) is 0 Å². The van der Waals surface area contributed by atoms with Crippen LogP contribution in [0.3, 0.4) is 0 Å². The fourth-order valence-corrected chi connectivity index (χ4v) is 3.45. The number of rotatable bonds is 5. The van der Waals surface area contributed by atoms with Gasteiger partial charge in [0.25, 0.3) is 0 Å². The number of nitrogens with two attached hydrogens (primary N) is 1. The summed E-state index contributed by atoms with van der Waals surface area (Å²) in [5, 5.41) is 18.5. The zero-order valence-electron chi connectivity index (χ0n) is 9.43. The standard InChI is InChI=1S/C11H23NO2S/c1-2-8-3-4-10(12)11(5-8)15-7-9(14)6-13/h8-11,13-14H,2-7,12H2,1H3. The highest BCUT2D eigenvalue weighted by Gasteiger charge is 2.27. The fourth-order valence-electron chi connectivity index (χ4n) is 2.09. The Kier molecular flexibility index (Phi) is 5.97. The van der Waals surface area contributed by atoms with Crippen molar-refractivity contribution in [3.63, 3.8) is 0 Å². The first-order valence-electron chi connectivity index (χ1n) is 5.83. The van der Waals surface area contributed by atoms with Gasteiger partial charge in [0.1, 0.15) is 0 Å². The van der Waals surface area contributed by atoms with E-state index in [9.17, 15) is 5.11 Å². The molecule has 0 aromatic carbocycles. The van der Waals surface area contributed by atoms with Crippen molar-refractivity contribution in [2.45, 2.75) is 50.0 Å². The zero-order chi connectivity index (χ0) is 11.3. The number of hydrogen-bond donors (Lipinski definition) is 3. The summed E-state index contributed by atoms with van der Waals surface area (Å²) in [5.74, 6) is 1.40. The Bertz CT molecular complexity index is 180. The topological polar surface area (TPSA) is 66.5 Å². The van der Waals surface area contributed by atoms with E-state index >= 15 is 0 Å². The van der Waals surface area contributed by atoms with E-state index in [1.807, 2.05) is 0 Å². The molecule has 1 aliphatic rings. The third-order valence-electron chi connectivity index (χ3n) is 3.24. The second-order valence-electron chi connectivity index (χ2n) is 4.46. The average molecular weight is 233 g/mol. The first-order valence-corrected chi connectivity index (χ1v) is 6.88. The van der Waals surface area contributed by atoms with E-state index in [-0.39, 0.29) is 12.6 Å². The Morgan fingerprint density at radius 3 is 2.80 bits per heavy atom. The molecule has 0 aromatic rings. The molecule has 90 valence electrons. The molecule has 1 aliphatic carbocycles. The van der Waals surface area contributed by atoms with Crippen LogP contribution in [0.25, 0.3) is 0 Å². The lowest BCUT2D eigenvalue weighted by molar-refractivity contribution is 0.113. The highest BCUT2D eigenvalue weighted by Crippen LogP contribution is 2.33. The molecule has 0 aliphatic heterocycles. The summed E-state index contributed by atoms with van der Waals surface area (Å²) in [6.45, 7) is 2.08. The van der Waals surface area contributed by atoms with E-state index in [1.54, 1.807) is 11.8 Å². The van der Waals surface area contributed by atoms with Crippen molar-refractivity contribution < 1.29 is 10.2 Å². The molecular formula is C11H23NO2S. The van der Waals surface area contributed by atoms with Crippen LogP contribution in [0.5, 0.6) is 0 Å². The van der Waals surface area contributed by atoms with E-state index in [2.05, 4.69) is 6.92 Å². The highest BCUT2D eigenvalue weighted by molar-refractivity contribution is 8.00. The molecule has 4 unspecified atom stereocenters. The summed E-state index contributed by atoms with van der Waals surface area (Å²) in [6, 6.07) is 0.267. The van der Waals surface area contributed by atoms with Gasteiger partial charge in [0, 0.05) is 17.0 Å². The number of hydrogen-bond acceptors (Lipinski definition) is 4. The van der Waals surface area contributed by atoms with Crippen LogP contribution < -0.4 is 5.73 Å². The van der Waals surface area contributed by atoms with Crippen LogP contribution in [0.1, 0.15) is 32.6 Å². The van der Waals surface area contributed by atoms with Gasteiger partial charge < -0.3 is 15.9 Å². The molecule has 1 rings (SSSR count). The van der Waals surface area contributed by atoms with Crippen LogP contribution in [0.15, 0.2) is 0 Å². The SMILES string of the molecule is CCC1CCC(N)C(SCC(O)CO)C1. The van der Waals surface area contributed by atoms with E-state index in [0.29, 0.717) is 11.0 Å². The average Bonchev–Trinajstić information content (AvgIpc) is 2.27. The molecule has 4 heteroatoms. The maximum Gasteiger partial charge on any atom is 0.0861 e. The van der Waals surface area contributed by atoms with Gasteiger partial charge in [0.05, 0.1) is 12.7 Å². The van der Waals surface area contributed by atoms with Crippen molar-refractivity contribution in [1.29, 1.82) is 0 Å². The number of aliphatic hydroxyl groups is 2. The zero-order valence-corrected chi connectivity index (χ0v) is 10.2. The van der Waals surface area contributed by atoms with Gasteiger partial charge in [-0.05, 0) is 25.2 Å². The Morgan fingerprint density at radius 2 is 2.20 bits per heavy atom. The maximum absolute atomic E-state index is 9.29. The first kappa shape index (κ1) is 13.3. The number of aliphatic hydroxyl groups excluding tert-OH is 2. The lowest BCUT2D eigenvalue weighted by Crippen LogP contribution is -2.39. The van der Waals surface area contributed by atoms with Crippen LogP contribution in [0, 0.1) is 5.92 Å². The van der Waals surface area contributed by atoms with E-state index in [0.717, 1.165) is 12.3 Å². The summed E-state index contributed by atoms with van der Waals surface area (Å²) in [7, 11) is 0. The summed E-state index contributed by atoms with van der Waals surface area (Å²) in [5.41, 5.74) is 6.06. The Balaban J connectivity index is 2.31. The van der Waals surface area contributed by atoms with Gasteiger partial charge >= 0.3 is 0 Å². The normalized spacial score (nSPS) is 34.0. The molecule has 0 radical (unpaired) electrons. The van der Waals surface area contributed by atoms with Crippen LogP contribution in [0.2, 0.25) is 0 Å². The van der Waals surface area contributed by atoms with Gasteiger partial charge in [-0.1, -0.05) is 13.3 Å². The molecule has 0 spiro atoms. The molecule has 15 heavy (non-hydrogen) atoms. The second kappa shape index (κ2) is 6.74. The number of thioether (sulfide) groups is 1. The monoisotopic (exact) mass is 233 g/mol. The van der Waals surface area contributed by atoms with Crippen molar-refractivity contribution >= 4 is 11.8 Å². The fraction of sp³-hybridized carbons (Fsp3) is 1.00. The minimum Gasteiger partial charge on any atom is -0.394 e. The van der Waals surface area contributed by atoms with Crippen LogP contribution >= 0.6 is 11.8 Å². The van der Waals surface area contributed by atoms with Crippen molar-refractivity contribution in [1.82, 2.24) is 0 Å². The largest absolute Gasteiger partial charge is 0.394 e. The molecule has 0 heterocycles. The van der Waals surface area contributed by atoms with Crippen LogP contribution in [-0.2, 0) is 0 Å². The van der Waals surface area contributed by atoms with Gasteiger partial charge in [-0.3, -0.25) is 0 Å². The third kappa shape index (κ3) is 4.31. The van der Waals surface area contributed by atoms with Gasteiger partial charge in [-0.15, -0.1) is 0 Å². The van der Waals surface area contributed by atoms with Crippen molar-refractivity contribution in [3.8, 4) is 0 Å².